The molecule has 162 valence electrons. The van der Waals surface area contributed by atoms with E-state index in [1.54, 1.807) is 18.3 Å². The van der Waals surface area contributed by atoms with Crippen molar-refractivity contribution in [1.29, 1.82) is 0 Å². The molecular weight excluding hydrogens is 425 g/mol. The second-order valence-electron chi connectivity index (χ2n) is 7.86. The minimum absolute atomic E-state index is 0.168. The van der Waals surface area contributed by atoms with E-state index in [0.717, 1.165) is 64.2 Å². The lowest BCUT2D eigenvalue weighted by Gasteiger charge is -2.34. The summed E-state index contributed by atoms with van der Waals surface area (Å²) in [5.74, 6) is 1.30. The summed E-state index contributed by atoms with van der Waals surface area (Å²) in [7, 11) is 0. The number of hydrogen-bond acceptors (Lipinski definition) is 5. The Hall–Kier alpha value is -1.60. The molecule has 8 heteroatoms. The number of carbonyl (C=O) groups excluding carboxylic acids is 1. The van der Waals surface area contributed by atoms with Crippen molar-refractivity contribution in [2.45, 2.75) is 38.1 Å². The van der Waals surface area contributed by atoms with Crippen LogP contribution in [-0.4, -0.2) is 66.1 Å². The van der Waals surface area contributed by atoms with E-state index in [1.165, 1.54) is 0 Å². The first-order valence-electron chi connectivity index (χ1n) is 10.6. The molecule has 0 saturated carbocycles. The highest BCUT2D eigenvalue weighted by Crippen LogP contribution is 2.31. The van der Waals surface area contributed by atoms with E-state index in [2.05, 4.69) is 9.88 Å². The van der Waals surface area contributed by atoms with Crippen molar-refractivity contribution in [3.63, 3.8) is 0 Å². The number of ether oxygens (including phenoxy) is 1. The molecule has 0 bridgehead atoms. The lowest BCUT2D eigenvalue weighted by molar-refractivity contribution is -0.131. The molecule has 0 radical (unpaired) electrons. The number of nitrogens with zero attached hydrogens (tertiary/aromatic N) is 3. The van der Waals surface area contributed by atoms with Gasteiger partial charge in [0.05, 0.1) is 24.4 Å². The minimum atomic E-state index is 0.168. The number of rotatable bonds is 5. The molecule has 1 unspecified atom stereocenters. The van der Waals surface area contributed by atoms with Gasteiger partial charge in [-0.15, -0.1) is 0 Å². The molecule has 0 spiro atoms. The number of amides is 1. The topological polar surface area (TPSA) is 58.8 Å². The van der Waals surface area contributed by atoms with E-state index in [-0.39, 0.29) is 5.91 Å². The maximum absolute atomic E-state index is 12.8. The molecule has 1 atom stereocenters. The third kappa shape index (κ3) is 5.35. The van der Waals surface area contributed by atoms with Gasteiger partial charge in [-0.2, -0.15) is 0 Å². The quantitative estimate of drug-likeness (QED) is 0.678. The summed E-state index contributed by atoms with van der Waals surface area (Å²) in [5.41, 5.74) is 0.743. The number of halogens is 2. The normalized spacial score (nSPS) is 20.9. The predicted molar refractivity (Wildman–Crippen MR) is 117 cm³/mol. The lowest BCUT2D eigenvalue weighted by atomic mass is 10.1. The predicted octanol–water partition coefficient (Wildman–Crippen LogP) is 4.29. The third-order valence-electron chi connectivity index (χ3n) is 5.92. The zero-order valence-electron chi connectivity index (χ0n) is 17.0. The molecule has 3 heterocycles. The molecule has 1 amide bonds. The van der Waals surface area contributed by atoms with Crippen LogP contribution in [0.3, 0.4) is 0 Å². The first-order chi connectivity index (χ1) is 14.6. The fraction of sp³-hybridized carbons (Fsp3) is 0.545. The molecule has 6 nitrogen and oxygen atoms in total. The van der Waals surface area contributed by atoms with Crippen molar-refractivity contribution in [2.24, 2.45) is 0 Å². The fourth-order valence-electron chi connectivity index (χ4n) is 4.25. The van der Waals surface area contributed by atoms with Crippen LogP contribution in [0.25, 0.3) is 11.3 Å². The van der Waals surface area contributed by atoms with Gasteiger partial charge in [0.15, 0.2) is 11.7 Å². The molecule has 2 fully saturated rings. The molecule has 30 heavy (non-hydrogen) atoms. The molecule has 2 aliphatic heterocycles. The molecular formula is C22H27Cl2N3O3. The Balaban J connectivity index is 1.29. The second kappa shape index (κ2) is 10.1. The maximum atomic E-state index is 12.8. The number of hydrogen-bond donors (Lipinski definition) is 0. The minimum Gasteiger partial charge on any atom is -0.441 e. The van der Waals surface area contributed by atoms with Crippen LogP contribution in [0.2, 0.25) is 10.0 Å². The van der Waals surface area contributed by atoms with Crippen LogP contribution < -0.4 is 0 Å². The first-order valence-corrected chi connectivity index (χ1v) is 11.4. The smallest absolute Gasteiger partial charge is 0.223 e. The van der Waals surface area contributed by atoms with Crippen LogP contribution in [0.4, 0.5) is 0 Å². The SMILES string of the molecule is O=C(CCc1ncc(-c2ccc(Cl)cc2Cl)o1)N1CCCC(N2CCOCC2)CC1. The van der Waals surface area contributed by atoms with E-state index in [1.807, 2.05) is 11.0 Å². The zero-order chi connectivity index (χ0) is 20.9. The fourth-order valence-corrected chi connectivity index (χ4v) is 4.75. The molecule has 2 aliphatic rings. The Morgan fingerprint density at radius 3 is 2.77 bits per heavy atom. The zero-order valence-corrected chi connectivity index (χ0v) is 18.5. The number of oxazole rings is 1. The third-order valence-corrected chi connectivity index (χ3v) is 6.46. The molecule has 2 saturated heterocycles. The molecule has 0 aliphatic carbocycles. The van der Waals surface area contributed by atoms with Crippen molar-refractivity contribution in [1.82, 2.24) is 14.8 Å². The Morgan fingerprint density at radius 1 is 1.13 bits per heavy atom. The lowest BCUT2D eigenvalue weighted by Crippen LogP contribution is -2.44. The molecule has 1 aromatic carbocycles. The monoisotopic (exact) mass is 451 g/mol. The summed E-state index contributed by atoms with van der Waals surface area (Å²) >= 11 is 12.2. The van der Waals surface area contributed by atoms with Gasteiger partial charge in [-0.05, 0) is 37.5 Å². The number of carbonyl (C=O) groups is 1. The van der Waals surface area contributed by atoms with Crippen LogP contribution >= 0.6 is 23.2 Å². The van der Waals surface area contributed by atoms with Gasteiger partial charge in [-0.25, -0.2) is 4.98 Å². The van der Waals surface area contributed by atoms with Crippen LogP contribution in [0.15, 0.2) is 28.8 Å². The highest BCUT2D eigenvalue weighted by atomic mass is 35.5. The van der Waals surface area contributed by atoms with Gasteiger partial charge in [0.1, 0.15) is 0 Å². The average Bonchev–Trinajstić information content (AvgIpc) is 3.07. The van der Waals surface area contributed by atoms with E-state index in [0.29, 0.717) is 40.6 Å². The van der Waals surface area contributed by atoms with Gasteiger partial charge < -0.3 is 14.1 Å². The van der Waals surface area contributed by atoms with E-state index < -0.39 is 0 Å². The van der Waals surface area contributed by atoms with Crippen molar-refractivity contribution in [3.8, 4) is 11.3 Å². The first kappa shape index (κ1) is 21.6. The van der Waals surface area contributed by atoms with Gasteiger partial charge in [0.2, 0.25) is 5.91 Å². The largest absolute Gasteiger partial charge is 0.441 e. The molecule has 0 N–H and O–H groups in total. The average molecular weight is 452 g/mol. The standard InChI is InChI=1S/C22H27Cl2N3O3/c23-16-3-4-18(19(24)14-16)20-15-25-21(30-20)5-6-22(28)27-8-1-2-17(7-9-27)26-10-12-29-13-11-26/h3-4,14-15,17H,1-2,5-13H2. The highest BCUT2D eigenvalue weighted by Gasteiger charge is 2.26. The summed E-state index contributed by atoms with van der Waals surface area (Å²) in [4.78, 5) is 21.6. The number of morpholine rings is 1. The Kier molecular flexibility index (Phi) is 7.31. The van der Waals surface area contributed by atoms with Crippen molar-refractivity contribution in [2.75, 3.05) is 39.4 Å². The van der Waals surface area contributed by atoms with Gasteiger partial charge in [-0.3, -0.25) is 9.69 Å². The Morgan fingerprint density at radius 2 is 1.97 bits per heavy atom. The van der Waals surface area contributed by atoms with E-state index in [4.69, 9.17) is 32.4 Å². The van der Waals surface area contributed by atoms with Gasteiger partial charge >= 0.3 is 0 Å². The van der Waals surface area contributed by atoms with Gasteiger partial charge in [0, 0.05) is 55.6 Å². The van der Waals surface area contributed by atoms with Crippen LogP contribution in [0.1, 0.15) is 31.6 Å². The molecule has 4 rings (SSSR count). The number of likely N-dealkylation sites (tertiary alicyclic amines) is 1. The van der Waals surface area contributed by atoms with Crippen LogP contribution in [-0.2, 0) is 16.0 Å². The van der Waals surface area contributed by atoms with Crippen LogP contribution in [0, 0.1) is 0 Å². The van der Waals surface area contributed by atoms with Crippen molar-refractivity contribution in [3.05, 3.63) is 40.3 Å². The highest BCUT2D eigenvalue weighted by molar-refractivity contribution is 6.36. The summed E-state index contributed by atoms with van der Waals surface area (Å²) in [6, 6.07) is 5.80. The number of benzene rings is 1. The van der Waals surface area contributed by atoms with E-state index >= 15 is 0 Å². The van der Waals surface area contributed by atoms with E-state index in [9.17, 15) is 4.79 Å². The maximum Gasteiger partial charge on any atom is 0.223 e. The summed E-state index contributed by atoms with van der Waals surface area (Å²) in [6.45, 7) is 5.29. The molecule has 2 aromatic rings. The molecule has 1 aromatic heterocycles. The number of aryl methyl sites for hydroxylation is 1. The van der Waals surface area contributed by atoms with Crippen molar-refractivity contribution < 1.29 is 13.9 Å². The Labute approximate surface area is 187 Å². The number of aromatic nitrogens is 1. The Bertz CT molecular complexity index is 867. The summed E-state index contributed by atoms with van der Waals surface area (Å²) in [5, 5.41) is 1.09. The van der Waals surface area contributed by atoms with Crippen LogP contribution in [0.5, 0.6) is 0 Å². The summed E-state index contributed by atoms with van der Waals surface area (Å²) in [6.07, 6.45) is 5.75. The summed E-state index contributed by atoms with van der Waals surface area (Å²) < 4.78 is 11.3. The van der Waals surface area contributed by atoms with Gasteiger partial charge in [-0.1, -0.05) is 23.2 Å². The van der Waals surface area contributed by atoms with Crippen molar-refractivity contribution >= 4 is 29.1 Å². The van der Waals surface area contributed by atoms with Gasteiger partial charge in [0.25, 0.3) is 0 Å². The second-order valence-corrected chi connectivity index (χ2v) is 8.70.